The molecule has 0 radical (unpaired) electrons. The summed E-state index contributed by atoms with van der Waals surface area (Å²) in [4.78, 5) is 23.7. The summed E-state index contributed by atoms with van der Waals surface area (Å²) in [7, 11) is 0. The Morgan fingerprint density at radius 3 is 2.22 bits per heavy atom. The summed E-state index contributed by atoms with van der Waals surface area (Å²) >= 11 is 0. The lowest BCUT2D eigenvalue weighted by molar-refractivity contribution is 0.1000. The Balaban J connectivity index is 1.74. The minimum absolute atomic E-state index is 0.111. The van der Waals surface area contributed by atoms with Gasteiger partial charge in [0.1, 0.15) is 0 Å². The molecule has 1 aliphatic rings. The number of carbonyl (C=O) groups excluding carboxylic acids is 2. The van der Waals surface area contributed by atoms with Crippen molar-refractivity contribution in [3.63, 3.8) is 0 Å². The smallest absolute Gasteiger partial charge is 0.248 e. The minimum atomic E-state index is -0.532. The maximum Gasteiger partial charge on any atom is 0.248 e. The molecule has 3 N–H and O–H groups in total. The lowest BCUT2D eigenvalue weighted by atomic mass is 10.0. The SMILES string of the molecule is NC(=O)c1cccc(C(=O)c2ccc(NC3CCCC3)cc2)c1. The standard InChI is InChI=1S/C19H20N2O2/c20-19(23)15-5-3-4-14(12-15)18(22)13-8-10-17(11-9-13)21-16-6-1-2-7-16/h3-5,8-12,16,21H,1-2,6-7H2,(H2,20,23). The Labute approximate surface area is 135 Å². The third-order valence-electron chi connectivity index (χ3n) is 4.28. The molecule has 0 aromatic heterocycles. The first-order valence-electron chi connectivity index (χ1n) is 7.94. The molecule has 2 aromatic rings. The first-order chi connectivity index (χ1) is 11.1. The van der Waals surface area contributed by atoms with E-state index in [1.54, 1.807) is 18.2 Å². The third kappa shape index (κ3) is 3.59. The van der Waals surface area contributed by atoms with Gasteiger partial charge in [0, 0.05) is 28.4 Å². The van der Waals surface area contributed by atoms with Crippen LogP contribution in [0, 0.1) is 0 Å². The lowest BCUT2D eigenvalue weighted by Gasteiger charge is -2.13. The zero-order valence-electron chi connectivity index (χ0n) is 12.9. The van der Waals surface area contributed by atoms with Gasteiger partial charge in [0.2, 0.25) is 5.91 Å². The number of anilines is 1. The zero-order chi connectivity index (χ0) is 16.2. The molecule has 0 saturated heterocycles. The number of carbonyl (C=O) groups is 2. The molecule has 3 rings (SSSR count). The first-order valence-corrected chi connectivity index (χ1v) is 7.94. The third-order valence-corrected chi connectivity index (χ3v) is 4.28. The summed E-state index contributed by atoms with van der Waals surface area (Å²) in [5.74, 6) is -0.642. The predicted molar refractivity (Wildman–Crippen MR) is 90.7 cm³/mol. The number of hydrogen-bond donors (Lipinski definition) is 2. The quantitative estimate of drug-likeness (QED) is 0.832. The molecule has 0 unspecified atom stereocenters. The van der Waals surface area contributed by atoms with Crippen molar-refractivity contribution in [1.82, 2.24) is 0 Å². The van der Waals surface area contributed by atoms with E-state index in [0.717, 1.165) is 5.69 Å². The molecule has 1 aliphatic carbocycles. The van der Waals surface area contributed by atoms with Crippen LogP contribution in [0.2, 0.25) is 0 Å². The van der Waals surface area contributed by atoms with Crippen molar-refractivity contribution in [3.05, 3.63) is 65.2 Å². The Morgan fingerprint density at radius 2 is 1.57 bits per heavy atom. The summed E-state index contributed by atoms with van der Waals surface area (Å²) in [6.07, 6.45) is 4.98. The van der Waals surface area contributed by atoms with Crippen molar-refractivity contribution in [3.8, 4) is 0 Å². The van der Waals surface area contributed by atoms with Crippen LogP contribution in [-0.2, 0) is 0 Å². The summed E-state index contributed by atoms with van der Waals surface area (Å²) in [5.41, 5.74) is 7.72. The van der Waals surface area contributed by atoms with Crippen LogP contribution in [0.15, 0.2) is 48.5 Å². The fourth-order valence-corrected chi connectivity index (χ4v) is 3.00. The summed E-state index contributed by atoms with van der Waals surface area (Å²) < 4.78 is 0. The molecule has 0 heterocycles. The Bertz CT molecular complexity index is 716. The van der Waals surface area contributed by atoms with Gasteiger partial charge in [-0.3, -0.25) is 9.59 Å². The van der Waals surface area contributed by atoms with Gasteiger partial charge in [-0.2, -0.15) is 0 Å². The van der Waals surface area contributed by atoms with Crippen molar-refractivity contribution < 1.29 is 9.59 Å². The fraction of sp³-hybridized carbons (Fsp3) is 0.263. The number of hydrogen-bond acceptors (Lipinski definition) is 3. The monoisotopic (exact) mass is 308 g/mol. The van der Waals surface area contributed by atoms with Gasteiger partial charge in [0.25, 0.3) is 0 Å². The maximum atomic E-state index is 12.5. The van der Waals surface area contributed by atoms with E-state index >= 15 is 0 Å². The van der Waals surface area contributed by atoms with Gasteiger partial charge in [-0.25, -0.2) is 0 Å². The van der Waals surface area contributed by atoms with Crippen LogP contribution in [0.25, 0.3) is 0 Å². The van der Waals surface area contributed by atoms with Crippen LogP contribution >= 0.6 is 0 Å². The molecular formula is C19H20N2O2. The van der Waals surface area contributed by atoms with E-state index in [1.807, 2.05) is 24.3 Å². The molecule has 4 nitrogen and oxygen atoms in total. The molecular weight excluding hydrogens is 288 g/mol. The number of nitrogens with two attached hydrogens (primary N) is 1. The molecule has 2 aromatic carbocycles. The summed E-state index contributed by atoms with van der Waals surface area (Å²) in [6.45, 7) is 0. The van der Waals surface area contributed by atoms with Crippen LogP contribution < -0.4 is 11.1 Å². The highest BCUT2D eigenvalue weighted by atomic mass is 16.1. The van der Waals surface area contributed by atoms with Crippen molar-refractivity contribution in [2.24, 2.45) is 5.73 Å². The van der Waals surface area contributed by atoms with Gasteiger partial charge in [-0.1, -0.05) is 25.0 Å². The van der Waals surface area contributed by atoms with Gasteiger partial charge < -0.3 is 11.1 Å². The number of amides is 1. The van der Waals surface area contributed by atoms with E-state index in [2.05, 4.69) is 5.32 Å². The van der Waals surface area contributed by atoms with Gasteiger partial charge >= 0.3 is 0 Å². The molecule has 0 spiro atoms. The van der Waals surface area contributed by atoms with E-state index < -0.39 is 5.91 Å². The van der Waals surface area contributed by atoms with E-state index in [9.17, 15) is 9.59 Å². The fourth-order valence-electron chi connectivity index (χ4n) is 3.00. The summed E-state index contributed by atoms with van der Waals surface area (Å²) in [5, 5.41) is 3.50. The second-order valence-corrected chi connectivity index (χ2v) is 5.98. The van der Waals surface area contributed by atoms with Gasteiger partial charge in [0.05, 0.1) is 0 Å². The van der Waals surface area contributed by atoms with Crippen molar-refractivity contribution in [1.29, 1.82) is 0 Å². The maximum absolute atomic E-state index is 12.5. The van der Waals surface area contributed by atoms with Crippen molar-refractivity contribution >= 4 is 17.4 Å². The minimum Gasteiger partial charge on any atom is -0.382 e. The molecule has 1 fully saturated rings. The van der Waals surface area contributed by atoms with E-state index in [1.165, 1.54) is 31.7 Å². The topological polar surface area (TPSA) is 72.2 Å². The molecule has 1 saturated carbocycles. The highest BCUT2D eigenvalue weighted by molar-refractivity contribution is 6.10. The number of benzene rings is 2. The van der Waals surface area contributed by atoms with Crippen LogP contribution in [-0.4, -0.2) is 17.7 Å². The van der Waals surface area contributed by atoms with Crippen molar-refractivity contribution in [2.75, 3.05) is 5.32 Å². The van der Waals surface area contributed by atoms with Crippen LogP contribution in [0.4, 0.5) is 5.69 Å². The second kappa shape index (κ2) is 6.65. The molecule has 23 heavy (non-hydrogen) atoms. The van der Waals surface area contributed by atoms with Gasteiger partial charge in [0.15, 0.2) is 5.78 Å². The summed E-state index contributed by atoms with van der Waals surface area (Å²) in [6, 6.07) is 14.6. The number of ketones is 1. The molecule has 4 heteroatoms. The number of nitrogens with one attached hydrogen (secondary N) is 1. The average molecular weight is 308 g/mol. The Morgan fingerprint density at radius 1 is 0.913 bits per heavy atom. The number of primary amides is 1. The average Bonchev–Trinajstić information content (AvgIpc) is 3.08. The van der Waals surface area contributed by atoms with E-state index in [0.29, 0.717) is 22.7 Å². The second-order valence-electron chi connectivity index (χ2n) is 5.98. The van der Waals surface area contributed by atoms with Crippen molar-refractivity contribution in [2.45, 2.75) is 31.7 Å². The van der Waals surface area contributed by atoms with Gasteiger partial charge in [-0.15, -0.1) is 0 Å². The molecule has 118 valence electrons. The van der Waals surface area contributed by atoms with E-state index in [4.69, 9.17) is 5.73 Å². The van der Waals surface area contributed by atoms with Crippen LogP contribution in [0.5, 0.6) is 0 Å². The highest BCUT2D eigenvalue weighted by Gasteiger charge is 2.15. The number of rotatable bonds is 5. The first kappa shape index (κ1) is 15.3. The van der Waals surface area contributed by atoms with Gasteiger partial charge in [-0.05, 0) is 49.2 Å². The normalized spacial score (nSPS) is 14.6. The molecule has 0 atom stereocenters. The highest BCUT2D eigenvalue weighted by Crippen LogP contribution is 2.23. The van der Waals surface area contributed by atoms with Crippen LogP contribution in [0.1, 0.15) is 52.0 Å². The Hall–Kier alpha value is -2.62. The zero-order valence-corrected chi connectivity index (χ0v) is 12.9. The largest absolute Gasteiger partial charge is 0.382 e. The van der Waals surface area contributed by atoms with Crippen LogP contribution in [0.3, 0.4) is 0 Å². The molecule has 0 bridgehead atoms. The molecule has 0 aliphatic heterocycles. The lowest BCUT2D eigenvalue weighted by Crippen LogP contribution is -2.14. The van der Waals surface area contributed by atoms with E-state index in [-0.39, 0.29) is 5.78 Å². The Kier molecular flexibility index (Phi) is 4.42. The predicted octanol–water partition coefficient (Wildman–Crippen LogP) is 3.37. The molecule has 1 amide bonds.